The summed E-state index contributed by atoms with van der Waals surface area (Å²) in [5.74, 6) is -0.476. The lowest BCUT2D eigenvalue weighted by atomic mass is 10.1. The number of aryl methyl sites for hydroxylation is 1. The molecular formula is C13H15ClN4O. The van der Waals surface area contributed by atoms with Crippen LogP contribution in [0.15, 0.2) is 30.5 Å². The van der Waals surface area contributed by atoms with Gasteiger partial charge >= 0.3 is 0 Å². The Morgan fingerprint density at radius 3 is 2.79 bits per heavy atom. The molecule has 5 nitrogen and oxygen atoms in total. The van der Waals surface area contributed by atoms with Gasteiger partial charge in [0.1, 0.15) is 0 Å². The van der Waals surface area contributed by atoms with Crippen molar-refractivity contribution in [3.63, 3.8) is 0 Å². The number of nitrogens with zero attached hydrogens (tertiary/aromatic N) is 2. The lowest BCUT2D eigenvalue weighted by Crippen LogP contribution is -2.16. The van der Waals surface area contributed by atoms with Gasteiger partial charge in [-0.05, 0) is 23.8 Å². The Labute approximate surface area is 116 Å². The van der Waals surface area contributed by atoms with Gasteiger partial charge in [-0.15, -0.1) is 0 Å². The van der Waals surface area contributed by atoms with Crippen LogP contribution in [-0.2, 0) is 20.1 Å². The molecule has 1 heterocycles. The van der Waals surface area contributed by atoms with Crippen LogP contribution < -0.4 is 11.1 Å². The van der Waals surface area contributed by atoms with Crippen LogP contribution in [-0.4, -0.2) is 15.7 Å². The summed E-state index contributed by atoms with van der Waals surface area (Å²) in [7, 11) is 1.89. The zero-order valence-electron chi connectivity index (χ0n) is 10.6. The minimum atomic E-state index is -0.476. The number of aromatic nitrogens is 2. The first-order valence-corrected chi connectivity index (χ1v) is 6.21. The Morgan fingerprint density at radius 2 is 2.21 bits per heavy atom. The summed E-state index contributed by atoms with van der Waals surface area (Å²) >= 11 is 6.10. The molecule has 0 atom stereocenters. The molecule has 0 radical (unpaired) electrons. The van der Waals surface area contributed by atoms with Gasteiger partial charge in [0.2, 0.25) is 5.91 Å². The monoisotopic (exact) mass is 278 g/mol. The molecule has 1 amide bonds. The number of rotatable bonds is 5. The Bertz CT molecular complexity index is 594. The lowest BCUT2D eigenvalue weighted by molar-refractivity contribution is 0.100. The van der Waals surface area contributed by atoms with Gasteiger partial charge < -0.3 is 11.1 Å². The molecule has 2 rings (SSSR count). The highest BCUT2D eigenvalue weighted by Crippen LogP contribution is 2.17. The average molecular weight is 279 g/mol. The van der Waals surface area contributed by atoms with Crippen molar-refractivity contribution in [1.82, 2.24) is 15.1 Å². The molecule has 1 aromatic heterocycles. The van der Waals surface area contributed by atoms with E-state index in [1.807, 2.05) is 17.8 Å². The number of amides is 1. The van der Waals surface area contributed by atoms with Gasteiger partial charge in [0.25, 0.3) is 0 Å². The van der Waals surface area contributed by atoms with Crippen LogP contribution in [0.25, 0.3) is 0 Å². The molecule has 0 fully saturated rings. The first-order chi connectivity index (χ1) is 9.08. The van der Waals surface area contributed by atoms with Crippen molar-refractivity contribution in [2.75, 3.05) is 0 Å². The number of nitrogens with one attached hydrogen (secondary N) is 1. The SMILES string of the molecule is Cn1nccc1CNCc1ccc(C(N)=O)cc1Cl. The molecule has 0 aliphatic heterocycles. The molecular weight excluding hydrogens is 264 g/mol. The summed E-state index contributed by atoms with van der Waals surface area (Å²) in [6.07, 6.45) is 1.76. The second-order valence-electron chi connectivity index (χ2n) is 4.22. The van der Waals surface area contributed by atoms with Crippen molar-refractivity contribution in [2.45, 2.75) is 13.1 Å². The molecule has 19 heavy (non-hydrogen) atoms. The van der Waals surface area contributed by atoms with Crippen LogP contribution in [0.2, 0.25) is 5.02 Å². The number of carbonyl (C=O) groups excluding carboxylic acids is 1. The molecule has 0 aliphatic rings. The third-order valence-electron chi connectivity index (χ3n) is 2.88. The third-order valence-corrected chi connectivity index (χ3v) is 3.23. The van der Waals surface area contributed by atoms with Gasteiger partial charge in [0, 0.05) is 36.9 Å². The largest absolute Gasteiger partial charge is 0.366 e. The lowest BCUT2D eigenvalue weighted by Gasteiger charge is -2.08. The first-order valence-electron chi connectivity index (χ1n) is 5.84. The highest BCUT2D eigenvalue weighted by atomic mass is 35.5. The maximum atomic E-state index is 11.0. The topological polar surface area (TPSA) is 72.9 Å². The van der Waals surface area contributed by atoms with E-state index in [2.05, 4.69) is 10.4 Å². The van der Waals surface area contributed by atoms with Gasteiger partial charge in [-0.3, -0.25) is 9.48 Å². The number of nitrogens with two attached hydrogens (primary N) is 1. The molecule has 6 heteroatoms. The fourth-order valence-electron chi connectivity index (χ4n) is 1.74. The smallest absolute Gasteiger partial charge is 0.248 e. The van der Waals surface area contributed by atoms with Gasteiger partial charge in [0.05, 0.1) is 5.69 Å². The van der Waals surface area contributed by atoms with Crippen LogP contribution in [0, 0.1) is 0 Å². The zero-order valence-corrected chi connectivity index (χ0v) is 11.3. The van der Waals surface area contributed by atoms with Crippen molar-refractivity contribution in [2.24, 2.45) is 12.8 Å². The van der Waals surface area contributed by atoms with E-state index in [9.17, 15) is 4.79 Å². The van der Waals surface area contributed by atoms with Gasteiger partial charge in [0.15, 0.2) is 0 Å². The molecule has 0 spiro atoms. The van der Waals surface area contributed by atoms with Gasteiger partial charge in [-0.25, -0.2) is 0 Å². The number of hydrogen-bond acceptors (Lipinski definition) is 3. The highest BCUT2D eigenvalue weighted by molar-refractivity contribution is 6.31. The predicted octanol–water partition coefficient (Wildman–Crippen LogP) is 1.46. The molecule has 0 saturated heterocycles. The van der Waals surface area contributed by atoms with Crippen LogP contribution in [0.1, 0.15) is 21.6 Å². The van der Waals surface area contributed by atoms with Gasteiger partial charge in [-0.1, -0.05) is 17.7 Å². The Morgan fingerprint density at radius 1 is 1.42 bits per heavy atom. The van der Waals surface area contributed by atoms with Crippen molar-refractivity contribution in [3.05, 3.63) is 52.3 Å². The quantitative estimate of drug-likeness (QED) is 0.870. The number of halogens is 1. The van der Waals surface area contributed by atoms with E-state index in [0.29, 0.717) is 23.7 Å². The highest BCUT2D eigenvalue weighted by Gasteiger charge is 2.06. The molecule has 0 unspecified atom stereocenters. The number of primary amides is 1. The molecule has 100 valence electrons. The standard InChI is InChI=1S/C13H15ClN4O/c1-18-11(4-5-17-18)8-16-7-10-3-2-9(13(15)19)6-12(10)14/h2-6,16H,7-8H2,1H3,(H2,15,19). The minimum Gasteiger partial charge on any atom is -0.366 e. The molecule has 0 bridgehead atoms. The fraction of sp³-hybridized carbons (Fsp3) is 0.231. The van der Waals surface area contributed by atoms with Crippen LogP contribution >= 0.6 is 11.6 Å². The van der Waals surface area contributed by atoms with E-state index >= 15 is 0 Å². The van der Waals surface area contributed by atoms with Crippen LogP contribution in [0.3, 0.4) is 0 Å². The number of carbonyl (C=O) groups is 1. The van der Waals surface area contributed by atoms with Gasteiger partial charge in [-0.2, -0.15) is 5.10 Å². The molecule has 0 saturated carbocycles. The average Bonchev–Trinajstić information content (AvgIpc) is 2.77. The van der Waals surface area contributed by atoms with Crippen molar-refractivity contribution >= 4 is 17.5 Å². The predicted molar refractivity (Wildman–Crippen MR) is 73.7 cm³/mol. The minimum absolute atomic E-state index is 0.417. The Hall–Kier alpha value is -1.85. The maximum Gasteiger partial charge on any atom is 0.248 e. The summed E-state index contributed by atoms with van der Waals surface area (Å²) in [6, 6.07) is 7.02. The fourth-order valence-corrected chi connectivity index (χ4v) is 1.99. The summed E-state index contributed by atoms with van der Waals surface area (Å²) < 4.78 is 1.81. The second-order valence-corrected chi connectivity index (χ2v) is 4.63. The van der Waals surface area contributed by atoms with E-state index in [1.165, 1.54) is 0 Å². The van der Waals surface area contributed by atoms with Crippen molar-refractivity contribution in [1.29, 1.82) is 0 Å². The van der Waals surface area contributed by atoms with Crippen molar-refractivity contribution < 1.29 is 4.79 Å². The van der Waals surface area contributed by atoms with E-state index in [-0.39, 0.29) is 0 Å². The molecule has 0 aliphatic carbocycles. The third kappa shape index (κ3) is 3.33. The summed E-state index contributed by atoms with van der Waals surface area (Å²) in [4.78, 5) is 11.0. The van der Waals surface area contributed by atoms with E-state index < -0.39 is 5.91 Å². The summed E-state index contributed by atoms with van der Waals surface area (Å²) in [5, 5.41) is 7.90. The van der Waals surface area contributed by atoms with Crippen LogP contribution in [0.4, 0.5) is 0 Å². The van der Waals surface area contributed by atoms with E-state index in [0.717, 1.165) is 11.3 Å². The number of benzene rings is 1. The van der Waals surface area contributed by atoms with E-state index in [4.69, 9.17) is 17.3 Å². The van der Waals surface area contributed by atoms with Crippen molar-refractivity contribution in [3.8, 4) is 0 Å². The Kier molecular flexibility index (Phi) is 4.19. The first kappa shape index (κ1) is 13.6. The summed E-state index contributed by atoms with van der Waals surface area (Å²) in [5.41, 5.74) is 7.62. The van der Waals surface area contributed by atoms with E-state index in [1.54, 1.807) is 24.4 Å². The molecule has 1 aromatic carbocycles. The molecule has 2 aromatic rings. The second kappa shape index (κ2) is 5.86. The van der Waals surface area contributed by atoms with Crippen LogP contribution in [0.5, 0.6) is 0 Å². The number of hydrogen-bond donors (Lipinski definition) is 2. The Balaban J connectivity index is 1.96. The molecule has 3 N–H and O–H groups in total. The summed E-state index contributed by atoms with van der Waals surface area (Å²) in [6.45, 7) is 1.31. The zero-order chi connectivity index (χ0) is 13.8. The normalized spacial score (nSPS) is 10.6. The maximum absolute atomic E-state index is 11.0.